The topological polar surface area (TPSA) is 139 Å². The lowest BCUT2D eigenvalue weighted by molar-refractivity contribution is -0.384. The zero-order valence-corrected chi connectivity index (χ0v) is 17.6. The van der Waals surface area contributed by atoms with E-state index in [1.807, 2.05) is 6.92 Å². The summed E-state index contributed by atoms with van der Waals surface area (Å²) in [6.07, 6.45) is 2.16. The van der Waals surface area contributed by atoms with E-state index >= 15 is 0 Å². The van der Waals surface area contributed by atoms with E-state index in [-0.39, 0.29) is 46.0 Å². The van der Waals surface area contributed by atoms with Gasteiger partial charge in [-0.25, -0.2) is 8.42 Å². The molecule has 1 aromatic rings. The highest BCUT2D eigenvalue weighted by molar-refractivity contribution is 8.01. The summed E-state index contributed by atoms with van der Waals surface area (Å²) in [5.41, 5.74) is -0.194. The number of nitro groups is 1. The van der Waals surface area contributed by atoms with Crippen molar-refractivity contribution in [2.45, 2.75) is 35.6 Å². The van der Waals surface area contributed by atoms with Crippen molar-refractivity contribution in [2.24, 2.45) is 0 Å². The zero-order chi connectivity index (χ0) is 21.4. The number of fused-ring (bicyclic) bond motifs is 1. The summed E-state index contributed by atoms with van der Waals surface area (Å²) in [5.74, 6) is 0.275. The fraction of sp³-hybridized carbons (Fsp3) is 0.529. The maximum atomic E-state index is 12.5. The van der Waals surface area contributed by atoms with Crippen molar-refractivity contribution >= 4 is 44.8 Å². The first-order chi connectivity index (χ1) is 13.5. The standard InChI is InChI=1S/C17H22N4O6S2/c1-17-6-5-15(22)20(17)14(10-28-17)16(23)19-8-7-18-12-4-3-11(29(2,26)27)9-13(12)21(24)25/h3-4,9,14,18H,5-8,10H2,1-2H3,(H,19,23)/t14-,17+/m0/s1. The van der Waals surface area contributed by atoms with E-state index in [0.717, 1.165) is 18.7 Å². The summed E-state index contributed by atoms with van der Waals surface area (Å²) >= 11 is 1.60. The van der Waals surface area contributed by atoms with Crippen molar-refractivity contribution in [1.82, 2.24) is 10.2 Å². The molecule has 0 unspecified atom stereocenters. The van der Waals surface area contributed by atoms with Gasteiger partial charge in [-0.3, -0.25) is 19.7 Å². The van der Waals surface area contributed by atoms with Crippen LogP contribution in [0.2, 0.25) is 0 Å². The van der Waals surface area contributed by atoms with Gasteiger partial charge in [0.2, 0.25) is 11.8 Å². The van der Waals surface area contributed by atoms with Crippen molar-refractivity contribution in [3.05, 3.63) is 28.3 Å². The van der Waals surface area contributed by atoms with Crippen molar-refractivity contribution in [3.8, 4) is 0 Å². The quantitative estimate of drug-likeness (QED) is 0.362. The Kier molecular flexibility index (Phi) is 5.77. The van der Waals surface area contributed by atoms with Crippen LogP contribution in [0.1, 0.15) is 19.8 Å². The third-order valence-corrected chi connectivity index (χ3v) is 7.70. The number of nitrogens with one attached hydrogen (secondary N) is 2. The number of benzene rings is 1. The Hall–Kier alpha value is -2.34. The molecule has 2 aliphatic heterocycles. The van der Waals surface area contributed by atoms with Gasteiger partial charge in [0.25, 0.3) is 5.69 Å². The highest BCUT2D eigenvalue weighted by Gasteiger charge is 2.52. The monoisotopic (exact) mass is 442 g/mol. The maximum Gasteiger partial charge on any atom is 0.293 e. The molecule has 0 bridgehead atoms. The van der Waals surface area contributed by atoms with Gasteiger partial charge in [-0.15, -0.1) is 11.8 Å². The Morgan fingerprint density at radius 1 is 1.41 bits per heavy atom. The van der Waals surface area contributed by atoms with E-state index in [2.05, 4.69) is 10.6 Å². The summed E-state index contributed by atoms with van der Waals surface area (Å²) in [4.78, 5) is 36.4. The number of carbonyl (C=O) groups excluding carboxylic acids is 2. The number of hydrogen-bond acceptors (Lipinski definition) is 8. The average molecular weight is 443 g/mol. The summed E-state index contributed by atoms with van der Waals surface area (Å²) < 4.78 is 23.2. The second-order valence-corrected chi connectivity index (χ2v) is 10.7. The molecule has 29 heavy (non-hydrogen) atoms. The van der Waals surface area contributed by atoms with E-state index in [9.17, 15) is 28.1 Å². The minimum atomic E-state index is -3.56. The van der Waals surface area contributed by atoms with Crippen molar-refractivity contribution < 1.29 is 22.9 Å². The average Bonchev–Trinajstić information content (AvgIpc) is 3.13. The Morgan fingerprint density at radius 3 is 2.79 bits per heavy atom. The lowest BCUT2D eigenvalue weighted by atomic mass is 10.2. The van der Waals surface area contributed by atoms with Crippen LogP contribution < -0.4 is 10.6 Å². The predicted octanol–water partition coefficient (Wildman–Crippen LogP) is 0.980. The Labute approximate surface area is 172 Å². The van der Waals surface area contributed by atoms with Crippen LogP contribution in [0, 0.1) is 10.1 Å². The maximum absolute atomic E-state index is 12.5. The molecule has 1 aromatic carbocycles. The van der Waals surface area contributed by atoms with Gasteiger partial charge in [0.1, 0.15) is 11.7 Å². The number of nitro benzene ring substituents is 1. The second-order valence-electron chi connectivity index (χ2n) is 7.19. The largest absolute Gasteiger partial charge is 0.378 e. The van der Waals surface area contributed by atoms with Gasteiger partial charge >= 0.3 is 0 Å². The van der Waals surface area contributed by atoms with Crippen molar-refractivity contribution in [2.75, 3.05) is 30.4 Å². The van der Waals surface area contributed by atoms with E-state index < -0.39 is 20.8 Å². The van der Waals surface area contributed by atoms with E-state index in [1.165, 1.54) is 12.1 Å². The molecule has 3 rings (SSSR count). The predicted molar refractivity (Wildman–Crippen MR) is 108 cm³/mol. The molecule has 0 spiro atoms. The number of rotatable bonds is 7. The third kappa shape index (κ3) is 4.32. The molecule has 0 aliphatic carbocycles. The molecule has 2 aliphatic rings. The number of thioether (sulfide) groups is 1. The number of amides is 2. The van der Waals surface area contributed by atoms with Crippen LogP contribution in [0.25, 0.3) is 0 Å². The number of sulfone groups is 1. The number of carbonyl (C=O) groups is 2. The van der Waals surface area contributed by atoms with Crippen molar-refractivity contribution in [1.29, 1.82) is 0 Å². The highest BCUT2D eigenvalue weighted by atomic mass is 32.2. The van der Waals surface area contributed by atoms with Crippen LogP contribution in [0.15, 0.2) is 23.1 Å². The Balaban J connectivity index is 1.57. The summed E-state index contributed by atoms with van der Waals surface area (Å²) in [6, 6.07) is 3.12. The van der Waals surface area contributed by atoms with Crippen LogP contribution in [-0.2, 0) is 19.4 Å². The van der Waals surface area contributed by atoms with Gasteiger partial charge < -0.3 is 15.5 Å². The molecule has 2 atom stereocenters. The molecule has 2 N–H and O–H groups in total. The van der Waals surface area contributed by atoms with Crippen LogP contribution >= 0.6 is 11.8 Å². The van der Waals surface area contributed by atoms with Crippen LogP contribution in [0.3, 0.4) is 0 Å². The van der Waals surface area contributed by atoms with Gasteiger partial charge in [0.15, 0.2) is 9.84 Å². The van der Waals surface area contributed by atoms with Crippen molar-refractivity contribution in [3.63, 3.8) is 0 Å². The molecule has 12 heteroatoms. The summed E-state index contributed by atoms with van der Waals surface area (Å²) in [6.45, 7) is 2.37. The summed E-state index contributed by atoms with van der Waals surface area (Å²) in [5, 5.41) is 16.8. The fourth-order valence-corrected chi connectivity index (χ4v) is 5.63. The van der Waals surface area contributed by atoms with Gasteiger partial charge in [-0.2, -0.15) is 0 Å². The lowest BCUT2D eigenvalue weighted by Gasteiger charge is -2.29. The van der Waals surface area contributed by atoms with E-state index in [1.54, 1.807) is 16.7 Å². The SMILES string of the molecule is C[C@@]12CCC(=O)N1[C@H](C(=O)NCCNc1ccc(S(C)(=O)=O)cc1[N+](=O)[O-])CS2. The minimum Gasteiger partial charge on any atom is -0.378 e. The number of nitrogens with zero attached hydrogens (tertiary/aromatic N) is 2. The molecular weight excluding hydrogens is 420 g/mol. The minimum absolute atomic E-state index is 0.0163. The van der Waals surface area contributed by atoms with Gasteiger partial charge in [0, 0.05) is 37.6 Å². The second kappa shape index (κ2) is 7.82. The van der Waals surface area contributed by atoms with E-state index in [4.69, 9.17) is 0 Å². The lowest BCUT2D eigenvalue weighted by Crippen LogP contribution is -2.50. The molecule has 2 amide bonds. The van der Waals surface area contributed by atoms with Gasteiger partial charge in [-0.05, 0) is 25.5 Å². The molecule has 2 heterocycles. The highest BCUT2D eigenvalue weighted by Crippen LogP contribution is 2.47. The molecule has 0 radical (unpaired) electrons. The molecular formula is C17H22N4O6S2. The summed E-state index contributed by atoms with van der Waals surface area (Å²) in [7, 11) is -3.56. The normalized spacial score (nSPS) is 23.7. The molecule has 0 aromatic heterocycles. The molecule has 10 nitrogen and oxygen atoms in total. The molecule has 2 fully saturated rings. The van der Waals surface area contributed by atoms with Crippen LogP contribution in [0.5, 0.6) is 0 Å². The van der Waals surface area contributed by atoms with E-state index in [0.29, 0.717) is 12.2 Å². The molecule has 158 valence electrons. The van der Waals surface area contributed by atoms with Crippen LogP contribution in [-0.4, -0.2) is 66.1 Å². The molecule has 2 saturated heterocycles. The number of hydrogen-bond donors (Lipinski definition) is 2. The fourth-order valence-electron chi connectivity index (χ4n) is 3.56. The van der Waals surface area contributed by atoms with Gasteiger partial charge in [0.05, 0.1) is 14.7 Å². The van der Waals surface area contributed by atoms with Crippen LogP contribution in [0.4, 0.5) is 11.4 Å². The first kappa shape index (κ1) is 21.4. The first-order valence-electron chi connectivity index (χ1n) is 8.99. The Morgan fingerprint density at radius 2 is 2.14 bits per heavy atom. The number of anilines is 1. The smallest absolute Gasteiger partial charge is 0.293 e. The van der Waals surface area contributed by atoms with Gasteiger partial charge in [-0.1, -0.05) is 0 Å². The Bertz CT molecular complexity index is 967. The molecule has 0 saturated carbocycles. The first-order valence-corrected chi connectivity index (χ1v) is 11.9. The third-order valence-electron chi connectivity index (χ3n) is 5.08. The zero-order valence-electron chi connectivity index (χ0n) is 16.0.